The number of aryl methyl sites for hydroxylation is 2. The van der Waals surface area contributed by atoms with E-state index in [0.29, 0.717) is 22.8 Å². The maximum Gasteiger partial charge on any atom is 0.279 e. The van der Waals surface area contributed by atoms with Gasteiger partial charge >= 0.3 is 0 Å². The summed E-state index contributed by atoms with van der Waals surface area (Å²) >= 11 is 0. The van der Waals surface area contributed by atoms with Gasteiger partial charge in [-0.05, 0) is 72.2 Å². The molecule has 3 aromatic rings. The third-order valence-corrected chi connectivity index (χ3v) is 8.35. The van der Waals surface area contributed by atoms with Gasteiger partial charge in [0.05, 0.1) is 4.90 Å². The van der Waals surface area contributed by atoms with Crippen molar-refractivity contribution in [2.24, 2.45) is 0 Å². The lowest BCUT2D eigenvalue weighted by molar-refractivity contribution is -0.126. The molecular formula is C32H39NO6S. The van der Waals surface area contributed by atoms with Gasteiger partial charge in [0, 0.05) is 5.56 Å². The number of hydrogen-bond acceptors (Lipinski definition) is 6. The Kier molecular flexibility index (Phi) is 9.74. The van der Waals surface area contributed by atoms with Crippen LogP contribution in [-0.4, -0.2) is 21.1 Å². The summed E-state index contributed by atoms with van der Waals surface area (Å²) in [5.41, 5.74) is 3.68. The molecule has 0 aromatic heterocycles. The summed E-state index contributed by atoms with van der Waals surface area (Å²) in [5.74, 6) is 1.05. The van der Waals surface area contributed by atoms with Gasteiger partial charge in [-0.15, -0.1) is 0 Å². The first-order chi connectivity index (χ1) is 19.2. The second-order valence-corrected chi connectivity index (χ2v) is 12.1. The van der Waals surface area contributed by atoms with E-state index in [4.69, 9.17) is 14.2 Å². The summed E-state index contributed by atoms with van der Waals surface area (Å²) in [6.07, 6.45) is 4.85. The smallest absolute Gasteiger partial charge is 0.279 e. The molecule has 0 bridgehead atoms. The Balaban J connectivity index is 1.65. The van der Waals surface area contributed by atoms with Crippen LogP contribution in [-0.2, 0) is 27.7 Å². The van der Waals surface area contributed by atoms with Crippen LogP contribution < -0.4 is 18.9 Å². The monoisotopic (exact) mass is 565 g/mol. The van der Waals surface area contributed by atoms with Crippen molar-refractivity contribution in [3.63, 3.8) is 0 Å². The number of carbonyl (C=O) groups is 1. The Hall–Kier alpha value is -3.52. The van der Waals surface area contributed by atoms with Gasteiger partial charge in [-0.3, -0.25) is 4.79 Å². The second kappa shape index (κ2) is 13.2. The third kappa shape index (κ3) is 7.16. The van der Waals surface area contributed by atoms with E-state index in [1.807, 2.05) is 26.0 Å². The molecule has 0 fully saturated rings. The molecular weight excluding hydrogens is 526 g/mol. The normalized spacial score (nSPS) is 13.3. The fourth-order valence-electron chi connectivity index (χ4n) is 4.70. The lowest BCUT2D eigenvalue weighted by atomic mass is 10.0. The van der Waals surface area contributed by atoms with Crippen LogP contribution >= 0.6 is 0 Å². The molecule has 1 aliphatic rings. The van der Waals surface area contributed by atoms with E-state index in [1.54, 1.807) is 30.3 Å². The van der Waals surface area contributed by atoms with Gasteiger partial charge in [0.1, 0.15) is 5.75 Å². The van der Waals surface area contributed by atoms with Crippen LogP contribution in [0.5, 0.6) is 17.2 Å². The quantitative estimate of drug-likeness (QED) is 0.228. The number of hydrogen-bond donors (Lipinski definition) is 1. The van der Waals surface area contributed by atoms with Crippen molar-refractivity contribution >= 4 is 15.9 Å². The number of benzene rings is 3. The maximum absolute atomic E-state index is 13.6. The summed E-state index contributed by atoms with van der Waals surface area (Å²) in [4.78, 5) is 13.6. The van der Waals surface area contributed by atoms with Crippen molar-refractivity contribution in [2.75, 3.05) is 6.79 Å². The Labute approximate surface area is 237 Å². The zero-order valence-corrected chi connectivity index (χ0v) is 24.6. The summed E-state index contributed by atoms with van der Waals surface area (Å²) in [7, 11) is -4.13. The minimum absolute atomic E-state index is 0.0118. The van der Waals surface area contributed by atoms with E-state index >= 15 is 0 Å². The van der Waals surface area contributed by atoms with E-state index in [0.717, 1.165) is 43.2 Å². The van der Waals surface area contributed by atoms with Crippen LogP contribution in [0.15, 0.2) is 65.6 Å². The highest BCUT2D eigenvalue weighted by Crippen LogP contribution is 2.36. The number of carbonyl (C=O) groups excluding carboxylic acids is 1. The Morgan fingerprint density at radius 2 is 1.60 bits per heavy atom. The molecule has 1 atom stereocenters. The van der Waals surface area contributed by atoms with Gasteiger partial charge in [-0.1, -0.05) is 77.3 Å². The summed E-state index contributed by atoms with van der Waals surface area (Å²) in [6, 6.07) is 17.6. The van der Waals surface area contributed by atoms with Crippen LogP contribution in [0.4, 0.5) is 0 Å². The number of nitrogens with one attached hydrogen (secondary N) is 1. The number of fused-ring (bicyclic) bond motifs is 1. The third-order valence-electron chi connectivity index (χ3n) is 6.99. The molecule has 0 saturated heterocycles. The predicted octanol–water partition coefficient (Wildman–Crippen LogP) is 6.85. The molecule has 4 rings (SSSR count). The molecule has 1 aliphatic heterocycles. The highest BCUT2D eigenvalue weighted by atomic mass is 32.2. The average molecular weight is 566 g/mol. The number of amides is 1. The molecule has 1 heterocycles. The molecule has 0 radical (unpaired) electrons. The molecule has 214 valence electrons. The van der Waals surface area contributed by atoms with Crippen LogP contribution in [0.25, 0.3) is 0 Å². The molecule has 0 aliphatic carbocycles. The van der Waals surface area contributed by atoms with E-state index in [2.05, 4.69) is 24.6 Å². The van der Waals surface area contributed by atoms with Crippen LogP contribution in [0.1, 0.15) is 87.7 Å². The molecule has 1 amide bonds. The molecule has 8 heteroatoms. The molecule has 0 spiro atoms. The summed E-state index contributed by atoms with van der Waals surface area (Å²) in [5, 5.41) is 0. The fourth-order valence-corrected chi connectivity index (χ4v) is 5.68. The molecule has 3 aromatic carbocycles. The number of rotatable bonds is 13. The van der Waals surface area contributed by atoms with Crippen LogP contribution in [0.2, 0.25) is 0 Å². The second-order valence-electron chi connectivity index (χ2n) is 10.5. The minimum Gasteiger partial charge on any atom is -0.475 e. The molecule has 1 N–H and O–H groups in total. The first kappa shape index (κ1) is 29.5. The highest BCUT2D eigenvalue weighted by molar-refractivity contribution is 7.90. The minimum atomic E-state index is -4.13. The lowest BCUT2D eigenvalue weighted by Crippen LogP contribution is -2.37. The Morgan fingerprint density at radius 3 is 2.30 bits per heavy atom. The van der Waals surface area contributed by atoms with Gasteiger partial charge in [0.25, 0.3) is 15.9 Å². The molecule has 0 saturated carbocycles. The maximum atomic E-state index is 13.6. The SMILES string of the molecule is CCCCCc1ccc(OC(C(=O)NS(=O)(=O)c2ccc(C(C)C)cc2)c2ccc3c(c2)OCO3)c(CCC)c1. The van der Waals surface area contributed by atoms with Gasteiger partial charge in [0.2, 0.25) is 12.9 Å². The van der Waals surface area contributed by atoms with Crippen molar-refractivity contribution in [2.45, 2.75) is 83.1 Å². The first-order valence-corrected chi connectivity index (χ1v) is 15.5. The number of unbranched alkanes of at least 4 members (excludes halogenated alkanes) is 2. The Morgan fingerprint density at radius 1 is 0.875 bits per heavy atom. The van der Waals surface area contributed by atoms with Crippen molar-refractivity contribution in [3.8, 4) is 17.2 Å². The van der Waals surface area contributed by atoms with Crippen LogP contribution in [0.3, 0.4) is 0 Å². The standard InChI is InChI=1S/C32H39NO6S/c1-5-7-8-10-23-11-17-28(25(19-23)9-6-2)39-31(26-14-18-29-30(20-26)38-21-37-29)32(34)33-40(35,36)27-15-12-24(13-16-27)22(3)4/h11-20,22,31H,5-10,21H2,1-4H3,(H,33,34). The zero-order valence-electron chi connectivity index (χ0n) is 23.7. The van der Waals surface area contributed by atoms with Crippen molar-refractivity contribution in [3.05, 3.63) is 82.9 Å². The topological polar surface area (TPSA) is 90.9 Å². The van der Waals surface area contributed by atoms with Crippen LogP contribution in [0, 0.1) is 0 Å². The lowest BCUT2D eigenvalue weighted by Gasteiger charge is -2.22. The van der Waals surface area contributed by atoms with E-state index in [1.165, 1.54) is 24.1 Å². The van der Waals surface area contributed by atoms with Gasteiger partial charge in [-0.2, -0.15) is 0 Å². The van der Waals surface area contributed by atoms with E-state index < -0.39 is 22.0 Å². The van der Waals surface area contributed by atoms with E-state index in [9.17, 15) is 13.2 Å². The summed E-state index contributed by atoms with van der Waals surface area (Å²) in [6.45, 7) is 8.41. The van der Waals surface area contributed by atoms with Crippen molar-refractivity contribution in [1.82, 2.24) is 4.72 Å². The largest absolute Gasteiger partial charge is 0.475 e. The fraction of sp³-hybridized carbons (Fsp3) is 0.406. The number of sulfonamides is 1. The van der Waals surface area contributed by atoms with Gasteiger partial charge in [-0.25, -0.2) is 13.1 Å². The van der Waals surface area contributed by atoms with Gasteiger partial charge in [0.15, 0.2) is 11.5 Å². The summed E-state index contributed by atoms with van der Waals surface area (Å²) < 4.78 is 45.9. The molecule has 1 unspecified atom stereocenters. The number of ether oxygens (including phenoxy) is 3. The van der Waals surface area contributed by atoms with E-state index in [-0.39, 0.29) is 17.6 Å². The van der Waals surface area contributed by atoms with Gasteiger partial charge < -0.3 is 14.2 Å². The van der Waals surface area contributed by atoms with Crippen molar-refractivity contribution in [1.29, 1.82) is 0 Å². The molecule has 40 heavy (non-hydrogen) atoms. The Bertz CT molecular complexity index is 1420. The molecule has 7 nitrogen and oxygen atoms in total. The predicted molar refractivity (Wildman–Crippen MR) is 155 cm³/mol. The highest BCUT2D eigenvalue weighted by Gasteiger charge is 2.30. The first-order valence-electron chi connectivity index (χ1n) is 14.1. The van der Waals surface area contributed by atoms with Crippen molar-refractivity contribution < 1.29 is 27.4 Å². The zero-order chi connectivity index (χ0) is 28.7. The average Bonchev–Trinajstić information content (AvgIpc) is 3.41.